The zero-order valence-corrected chi connectivity index (χ0v) is 10.4. The van der Waals surface area contributed by atoms with Crippen LogP contribution >= 0.6 is 0 Å². The van der Waals surface area contributed by atoms with Gasteiger partial charge >= 0.3 is 17.9 Å². The van der Waals surface area contributed by atoms with Crippen molar-refractivity contribution in [2.24, 2.45) is 0 Å². The molecule has 108 valence electrons. The second-order valence-corrected chi connectivity index (χ2v) is 4.90. The highest BCUT2D eigenvalue weighted by molar-refractivity contribution is 5.07. The summed E-state index contributed by atoms with van der Waals surface area (Å²) in [6.07, 6.45) is -6.07. The summed E-state index contributed by atoms with van der Waals surface area (Å²) in [6.45, 7) is 4.12. The van der Waals surface area contributed by atoms with Crippen molar-refractivity contribution in [2.75, 3.05) is 0 Å². The average molecular weight is 278 g/mol. The molecule has 0 amide bonds. The van der Waals surface area contributed by atoms with Gasteiger partial charge in [-0.15, -0.1) is 0 Å². The zero-order chi connectivity index (χ0) is 14.6. The molecule has 0 radical (unpaired) electrons. The fraction of sp³-hybridized carbons (Fsp3) is 1.00. The standard InChI is InChI=1S/C10H15F5O3/c1-5-7(4)8(11,12)9(16,10(13,14)15)18-6(2,3)17-7/h16H,5H2,1-4H3. The van der Waals surface area contributed by atoms with Gasteiger partial charge < -0.3 is 14.6 Å². The molecule has 1 rings (SSSR count). The van der Waals surface area contributed by atoms with Crippen LogP contribution in [0, 0.1) is 0 Å². The molecule has 8 heteroatoms. The van der Waals surface area contributed by atoms with Gasteiger partial charge in [-0.3, -0.25) is 0 Å². The molecule has 1 fully saturated rings. The highest BCUT2D eigenvalue weighted by atomic mass is 19.4. The summed E-state index contributed by atoms with van der Waals surface area (Å²) in [4.78, 5) is 0. The van der Waals surface area contributed by atoms with E-state index in [4.69, 9.17) is 4.74 Å². The van der Waals surface area contributed by atoms with Gasteiger partial charge in [-0.05, 0) is 27.2 Å². The lowest BCUT2D eigenvalue weighted by atomic mass is 9.85. The molecule has 0 aliphatic carbocycles. The van der Waals surface area contributed by atoms with Gasteiger partial charge in [0.05, 0.1) is 0 Å². The van der Waals surface area contributed by atoms with E-state index in [-0.39, 0.29) is 0 Å². The molecule has 0 spiro atoms. The van der Waals surface area contributed by atoms with Crippen molar-refractivity contribution >= 4 is 0 Å². The molecule has 1 N–H and O–H groups in total. The number of hydrogen-bond acceptors (Lipinski definition) is 3. The molecule has 3 nitrogen and oxygen atoms in total. The van der Waals surface area contributed by atoms with E-state index in [0.717, 1.165) is 20.8 Å². The van der Waals surface area contributed by atoms with E-state index in [1.807, 2.05) is 0 Å². The van der Waals surface area contributed by atoms with E-state index < -0.39 is 35.7 Å². The fourth-order valence-electron chi connectivity index (χ4n) is 1.94. The smallest absolute Gasteiger partial charge is 0.354 e. The Kier molecular flexibility index (Phi) is 3.26. The Hall–Kier alpha value is -0.470. The van der Waals surface area contributed by atoms with Crippen LogP contribution in [0.4, 0.5) is 22.0 Å². The molecular formula is C10H15F5O3. The number of rotatable bonds is 1. The van der Waals surface area contributed by atoms with Crippen LogP contribution in [0.3, 0.4) is 0 Å². The van der Waals surface area contributed by atoms with Gasteiger partial charge in [0, 0.05) is 0 Å². The Morgan fingerprint density at radius 2 is 1.50 bits per heavy atom. The Bertz CT molecular complexity index is 341. The molecule has 0 saturated carbocycles. The Morgan fingerprint density at radius 1 is 1.06 bits per heavy atom. The molecule has 0 aromatic carbocycles. The van der Waals surface area contributed by atoms with Crippen molar-refractivity contribution < 1.29 is 36.5 Å². The normalized spacial score (nSPS) is 39.7. The molecule has 1 aliphatic heterocycles. The van der Waals surface area contributed by atoms with Crippen molar-refractivity contribution in [3.05, 3.63) is 0 Å². The maximum absolute atomic E-state index is 13.9. The minimum Gasteiger partial charge on any atom is -0.354 e. The summed E-state index contributed by atoms with van der Waals surface area (Å²) >= 11 is 0. The molecule has 1 aliphatic rings. The van der Waals surface area contributed by atoms with E-state index in [1.54, 1.807) is 0 Å². The van der Waals surface area contributed by atoms with Crippen LogP contribution in [0.5, 0.6) is 0 Å². The van der Waals surface area contributed by atoms with Gasteiger partial charge in [-0.25, -0.2) is 0 Å². The summed E-state index contributed by atoms with van der Waals surface area (Å²) in [6, 6.07) is 0. The Balaban J connectivity index is 3.42. The second kappa shape index (κ2) is 3.77. The number of aliphatic hydroxyl groups is 1. The number of halogens is 5. The molecule has 1 heterocycles. The lowest BCUT2D eigenvalue weighted by Crippen LogP contribution is -2.76. The highest BCUT2D eigenvalue weighted by Gasteiger charge is 2.81. The predicted molar refractivity (Wildman–Crippen MR) is 50.9 cm³/mol. The third-order valence-electron chi connectivity index (χ3n) is 3.01. The third-order valence-corrected chi connectivity index (χ3v) is 3.01. The first-order chi connectivity index (χ1) is 7.72. The number of hydrogen-bond donors (Lipinski definition) is 1. The van der Waals surface area contributed by atoms with Gasteiger partial charge in [0.2, 0.25) is 0 Å². The van der Waals surface area contributed by atoms with Gasteiger partial charge in [-0.2, -0.15) is 22.0 Å². The van der Waals surface area contributed by atoms with Crippen LogP contribution < -0.4 is 0 Å². The van der Waals surface area contributed by atoms with E-state index in [9.17, 15) is 27.1 Å². The van der Waals surface area contributed by atoms with Crippen LogP contribution in [-0.4, -0.2) is 34.4 Å². The third kappa shape index (κ3) is 1.90. The molecular weight excluding hydrogens is 263 g/mol. The lowest BCUT2D eigenvalue weighted by molar-refractivity contribution is -0.540. The van der Waals surface area contributed by atoms with Crippen LogP contribution in [0.15, 0.2) is 0 Å². The largest absolute Gasteiger partial charge is 0.449 e. The molecule has 1 saturated heterocycles. The van der Waals surface area contributed by atoms with Crippen molar-refractivity contribution in [1.29, 1.82) is 0 Å². The summed E-state index contributed by atoms with van der Waals surface area (Å²) in [5.41, 5.74) is -2.49. The highest BCUT2D eigenvalue weighted by Crippen LogP contribution is 2.56. The second-order valence-electron chi connectivity index (χ2n) is 4.90. The van der Waals surface area contributed by atoms with Gasteiger partial charge in [0.1, 0.15) is 5.60 Å². The SMILES string of the molecule is CCC1(C)OC(C)(C)OC(O)(C(F)(F)F)C1(F)F. The minimum atomic E-state index is -5.64. The first-order valence-corrected chi connectivity index (χ1v) is 5.30. The number of alkyl halides is 5. The average Bonchev–Trinajstić information content (AvgIpc) is 2.11. The summed E-state index contributed by atoms with van der Waals surface area (Å²) in [5.74, 6) is -11.2. The van der Waals surface area contributed by atoms with Crippen molar-refractivity contribution in [3.63, 3.8) is 0 Å². The lowest BCUT2D eigenvalue weighted by Gasteiger charge is -2.54. The van der Waals surface area contributed by atoms with Crippen LogP contribution in [0.2, 0.25) is 0 Å². The van der Waals surface area contributed by atoms with E-state index in [1.165, 1.54) is 6.92 Å². The first-order valence-electron chi connectivity index (χ1n) is 5.30. The number of ether oxygens (including phenoxy) is 2. The summed E-state index contributed by atoms with van der Waals surface area (Å²) < 4.78 is 75.0. The maximum atomic E-state index is 13.9. The maximum Gasteiger partial charge on any atom is 0.449 e. The zero-order valence-electron chi connectivity index (χ0n) is 10.4. The molecule has 0 aromatic rings. The Morgan fingerprint density at radius 3 is 1.83 bits per heavy atom. The van der Waals surface area contributed by atoms with E-state index in [0.29, 0.717) is 0 Å². The fourth-order valence-corrected chi connectivity index (χ4v) is 1.94. The topological polar surface area (TPSA) is 38.7 Å². The van der Waals surface area contributed by atoms with Crippen LogP contribution in [-0.2, 0) is 9.47 Å². The molecule has 2 unspecified atom stereocenters. The monoisotopic (exact) mass is 278 g/mol. The van der Waals surface area contributed by atoms with Gasteiger partial charge in [-0.1, -0.05) is 6.92 Å². The van der Waals surface area contributed by atoms with Crippen molar-refractivity contribution in [2.45, 2.75) is 63.4 Å². The summed E-state index contributed by atoms with van der Waals surface area (Å²) in [5, 5.41) is 9.36. The first kappa shape index (κ1) is 15.6. The quantitative estimate of drug-likeness (QED) is 0.750. The molecule has 0 bridgehead atoms. The van der Waals surface area contributed by atoms with Crippen LogP contribution in [0.1, 0.15) is 34.1 Å². The van der Waals surface area contributed by atoms with E-state index >= 15 is 0 Å². The van der Waals surface area contributed by atoms with Gasteiger partial charge in [0.15, 0.2) is 5.79 Å². The van der Waals surface area contributed by atoms with Crippen LogP contribution in [0.25, 0.3) is 0 Å². The van der Waals surface area contributed by atoms with Gasteiger partial charge in [0.25, 0.3) is 0 Å². The molecule has 18 heavy (non-hydrogen) atoms. The van der Waals surface area contributed by atoms with Crippen molar-refractivity contribution in [1.82, 2.24) is 0 Å². The predicted octanol–water partition coefficient (Wildman–Crippen LogP) is 2.82. The minimum absolute atomic E-state index is 0.425. The molecule has 2 atom stereocenters. The Labute approximate surface area is 101 Å². The van der Waals surface area contributed by atoms with Crippen molar-refractivity contribution in [3.8, 4) is 0 Å². The van der Waals surface area contributed by atoms with E-state index in [2.05, 4.69) is 4.74 Å². The molecule has 0 aromatic heterocycles. The summed E-state index contributed by atoms with van der Waals surface area (Å²) in [7, 11) is 0.